The van der Waals surface area contributed by atoms with E-state index in [1.807, 2.05) is 36.4 Å². The van der Waals surface area contributed by atoms with Gasteiger partial charge >= 0.3 is 0 Å². The summed E-state index contributed by atoms with van der Waals surface area (Å²) in [5.74, 6) is 0.880. The first-order valence-electron chi connectivity index (χ1n) is 8.67. The van der Waals surface area contributed by atoms with Gasteiger partial charge in [-0.1, -0.05) is 46.3 Å². The van der Waals surface area contributed by atoms with Crippen LogP contribution in [-0.2, 0) is 0 Å². The average molecular weight is 485 g/mol. The van der Waals surface area contributed by atoms with Gasteiger partial charge in [0.15, 0.2) is 0 Å². The molecule has 5 rings (SSSR count). The van der Waals surface area contributed by atoms with Crippen LogP contribution in [0, 0.1) is 0 Å². The summed E-state index contributed by atoms with van der Waals surface area (Å²) in [6.07, 6.45) is 4.13. The third kappa shape index (κ3) is 2.97. The molecule has 0 radical (unpaired) electrons. The van der Waals surface area contributed by atoms with Crippen molar-refractivity contribution in [3.63, 3.8) is 0 Å². The highest BCUT2D eigenvalue weighted by atomic mass is 79.9. The lowest BCUT2D eigenvalue weighted by atomic mass is 9.96. The summed E-state index contributed by atoms with van der Waals surface area (Å²) in [7, 11) is 0. The SMILES string of the molecule is Brc1cc(Br)c2c(c1)[C@@H]1CC(c3ccccc3)=NN1[C@H](c1ccncc1)O2. The molecule has 0 aliphatic carbocycles. The van der Waals surface area contributed by atoms with Gasteiger partial charge in [0.1, 0.15) is 5.75 Å². The molecule has 4 nitrogen and oxygen atoms in total. The van der Waals surface area contributed by atoms with Gasteiger partial charge in [-0.2, -0.15) is 5.10 Å². The van der Waals surface area contributed by atoms with Crippen LogP contribution in [0.1, 0.15) is 35.4 Å². The van der Waals surface area contributed by atoms with Crippen LogP contribution in [0.3, 0.4) is 0 Å². The van der Waals surface area contributed by atoms with E-state index < -0.39 is 0 Å². The highest BCUT2D eigenvalue weighted by Crippen LogP contribution is 2.50. The molecule has 27 heavy (non-hydrogen) atoms. The Hall–Kier alpha value is -2.18. The molecular weight excluding hydrogens is 470 g/mol. The zero-order valence-corrected chi connectivity index (χ0v) is 17.4. The van der Waals surface area contributed by atoms with Crippen molar-refractivity contribution in [2.24, 2.45) is 5.10 Å². The number of halogens is 2. The van der Waals surface area contributed by atoms with Gasteiger partial charge in [0.25, 0.3) is 0 Å². The number of hydrazone groups is 1. The molecule has 0 spiro atoms. The number of ether oxygens (including phenoxy) is 1. The molecule has 0 unspecified atom stereocenters. The Balaban J connectivity index is 1.64. The summed E-state index contributed by atoms with van der Waals surface area (Å²) in [4.78, 5) is 4.14. The zero-order chi connectivity index (χ0) is 18.4. The molecule has 2 aliphatic rings. The monoisotopic (exact) mass is 483 g/mol. The molecule has 134 valence electrons. The lowest BCUT2D eigenvalue weighted by Gasteiger charge is -2.38. The number of aromatic nitrogens is 1. The first-order chi connectivity index (χ1) is 13.2. The van der Waals surface area contributed by atoms with Crippen molar-refractivity contribution in [1.82, 2.24) is 9.99 Å². The number of benzene rings is 2. The Morgan fingerprint density at radius 1 is 1.00 bits per heavy atom. The number of hydrogen-bond acceptors (Lipinski definition) is 4. The van der Waals surface area contributed by atoms with Crippen molar-refractivity contribution in [3.8, 4) is 5.75 Å². The van der Waals surface area contributed by atoms with Gasteiger partial charge in [0, 0.05) is 34.4 Å². The zero-order valence-electron chi connectivity index (χ0n) is 14.2. The van der Waals surface area contributed by atoms with Crippen molar-refractivity contribution < 1.29 is 4.74 Å². The predicted molar refractivity (Wildman–Crippen MR) is 112 cm³/mol. The Morgan fingerprint density at radius 2 is 1.78 bits per heavy atom. The fraction of sp³-hybridized carbons (Fsp3) is 0.143. The molecule has 0 fully saturated rings. The Labute approximate surface area is 174 Å². The van der Waals surface area contributed by atoms with E-state index in [0.717, 1.165) is 43.5 Å². The summed E-state index contributed by atoms with van der Waals surface area (Å²) in [5, 5.41) is 7.05. The van der Waals surface area contributed by atoms with Gasteiger partial charge in [-0.25, -0.2) is 5.01 Å². The lowest BCUT2D eigenvalue weighted by Crippen LogP contribution is -2.33. The Bertz CT molecular complexity index is 1020. The van der Waals surface area contributed by atoms with Crippen molar-refractivity contribution in [1.29, 1.82) is 0 Å². The molecule has 0 bridgehead atoms. The quantitative estimate of drug-likeness (QED) is 0.458. The van der Waals surface area contributed by atoms with E-state index in [-0.39, 0.29) is 12.3 Å². The van der Waals surface area contributed by atoms with E-state index in [1.165, 1.54) is 0 Å². The molecule has 0 saturated heterocycles. The molecule has 2 aliphatic heterocycles. The number of pyridine rings is 1. The van der Waals surface area contributed by atoms with Crippen molar-refractivity contribution in [2.45, 2.75) is 18.7 Å². The third-order valence-corrected chi connectivity index (χ3v) is 5.95. The van der Waals surface area contributed by atoms with E-state index in [4.69, 9.17) is 9.84 Å². The van der Waals surface area contributed by atoms with Crippen molar-refractivity contribution in [2.75, 3.05) is 0 Å². The van der Waals surface area contributed by atoms with E-state index in [1.54, 1.807) is 12.4 Å². The average Bonchev–Trinajstić information content (AvgIpc) is 3.15. The molecule has 6 heteroatoms. The van der Waals surface area contributed by atoms with Crippen LogP contribution in [0.25, 0.3) is 0 Å². The Morgan fingerprint density at radius 3 is 2.56 bits per heavy atom. The standard InChI is InChI=1S/C21H15Br2N3O/c22-15-10-16-19-12-18(13-4-2-1-3-5-13)25-26(19)21(14-6-8-24-9-7-14)27-20(16)17(23)11-15/h1-11,19,21H,12H2/t19-,21-/m0/s1. The molecule has 0 amide bonds. The van der Waals surface area contributed by atoms with Gasteiger partial charge in [0.05, 0.1) is 16.2 Å². The second-order valence-electron chi connectivity index (χ2n) is 6.57. The smallest absolute Gasteiger partial charge is 0.214 e. The van der Waals surface area contributed by atoms with Crippen LogP contribution in [-0.4, -0.2) is 15.7 Å². The van der Waals surface area contributed by atoms with Crippen LogP contribution >= 0.6 is 31.9 Å². The minimum atomic E-state index is -0.288. The predicted octanol–water partition coefficient (Wildman–Crippen LogP) is 5.85. The van der Waals surface area contributed by atoms with Crippen molar-refractivity contribution >= 4 is 37.6 Å². The molecule has 0 N–H and O–H groups in total. The fourth-order valence-corrected chi connectivity index (χ4v) is 5.02. The van der Waals surface area contributed by atoms with Gasteiger partial charge in [0.2, 0.25) is 6.23 Å². The van der Waals surface area contributed by atoms with Gasteiger partial charge < -0.3 is 4.74 Å². The Kier molecular flexibility index (Phi) is 4.25. The second kappa shape index (κ2) is 6.77. The molecule has 3 heterocycles. The van der Waals surface area contributed by atoms with Crippen molar-refractivity contribution in [3.05, 3.63) is 92.6 Å². The number of hydrogen-bond donors (Lipinski definition) is 0. The summed E-state index contributed by atoms with van der Waals surface area (Å²) < 4.78 is 8.39. The fourth-order valence-electron chi connectivity index (χ4n) is 3.67. The maximum absolute atomic E-state index is 6.43. The van der Waals surface area contributed by atoms with Crippen LogP contribution in [0.5, 0.6) is 5.75 Å². The van der Waals surface area contributed by atoms with Crippen LogP contribution in [0.15, 0.2) is 81.0 Å². The van der Waals surface area contributed by atoms with Crippen LogP contribution in [0.2, 0.25) is 0 Å². The third-order valence-electron chi connectivity index (χ3n) is 4.91. The normalized spacial score (nSPS) is 20.5. The van der Waals surface area contributed by atoms with Crippen LogP contribution < -0.4 is 4.74 Å². The minimum absolute atomic E-state index is 0.121. The van der Waals surface area contributed by atoms with Crippen LogP contribution in [0.4, 0.5) is 0 Å². The highest BCUT2D eigenvalue weighted by molar-refractivity contribution is 9.11. The van der Waals surface area contributed by atoms with E-state index >= 15 is 0 Å². The molecule has 2 atom stereocenters. The molecule has 2 aromatic carbocycles. The maximum atomic E-state index is 6.43. The molecule has 1 aromatic heterocycles. The second-order valence-corrected chi connectivity index (χ2v) is 8.34. The lowest BCUT2D eigenvalue weighted by molar-refractivity contribution is -0.0197. The first-order valence-corrected chi connectivity index (χ1v) is 10.3. The summed E-state index contributed by atoms with van der Waals surface area (Å²) >= 11 is 7.28. The highest BCUT2D eigenvalue weighted by Gasteiger charge is 2.41. The summed E-state index contributed by atoms with van der Waals surface area (Å²) in [6, 6.07) is 18.6. The van der Waals surface area contributed by atoms with Gasteiger partial charge in [-0.3, -0.25) is 4.98 Å². The number of rotatable bonds is 2. The molecular formula is C21H15Br2N3O. The van der Waals surface area contributed by atoms with Gasteiger partial charge in [-0.05, 0) is 45.8 Å². The van der Waals surface area contributed by atoms with E-state index in [9.17, 15) is 0 Å². The number of nitrogens with zero attached hydrogens (tertiary/aromatic N) is 3. The van der Waals surface area contributed by atoms with E-state index in [2.05, 4.69) is 60.1 Å². The summed E-state index contributed by atoms with van der Waals surface area (Å²) in [5.41, 5.74) is 4.40. The molecule has 3 aromatic rings. The topological polar surface area (TPSA) is 37.7 Å². The minimum Gasteiger partial charge on any atom is -0.463 e. The van der Waals surface area contributed by atoms with E-state index in [0.29, 0.717) is 0 Å². The summed E-state index contributed by atoms with van der Waals surface area (Å²) in [6.45, 7) is 0. The number of fused-ring (bicyclic) bond motifs is 3. The first kappa shape index (κ1) is 17.0. The largest absolute Gasteiger partial charge is 0.463 e. The molecule has 0 saturated carbocycles. The van der Waals surface area contributed by atoms with Gasteiger partial charge in [-0.15, -0.1) is 0 Å². The maximum Gasteiger partial charge on any atom is 0.214 e.